The molecule has 0 unspecified atom stereocenters. The summed E-state index contributed by atoms with van der Waals surface area (Å²) in [6.07, 6.45) is 9.29. The molecule has 4 N–H and O–H groups in total. The Morgan fingerprint density at radius 1 is 0.967 bits per heavy atom. The number of nitrogens with two attached hydrogens (primary N) is 2. The summed E-state index contributed by atoms with van der Waals surface area (Å²) in [5, 5.41) is 0. The van der Waals surface area contributed by atoms with E-state index >= 15 is 0 Å². The average molecular weight is 399 g/mol. The van der Waals surface area contributed by atoms with Gasteiger partial charge in [0.05, 0.1) is 23.1 Å². The summed E-state index contributed by atoms with van der Waals surface area (Å²) in [5.74, 6) is 0.698. The molecule has 0 atom stereocenters. The molecule has 5 rings (SSSR count). The molecule has 1 saturated carbocycles. The third-order valence-corrected chi connectivity index (χ3v) is 6.19. The molecule has 1 aliphatic rings. The lowest BCUT2D eigenvalue weighted by molar-refractivity contribution is 0.264. The fourth-order valence-electron chi connectivity index (χ4n) is 4.28. The summed E-state index contributed by atoms with van der Waals surface area (Å²) in [7, 11) is 0. The van der Waals surface area contributed by atoms with Crippen LogP contribution < -0.4 is 11.5 Å². The summed E-state index contributed by atoms with van der Waals surface area (Å²) < 4.78 is 2.10. The highest BCUT2D eigenvalue weighted by Crippen LogP contribution is 2.34. The van der Waals surface area contributed by atoms with Gasteiger partial charge < -0.3 is 11.5 Å². The number of nitrogens with zero attached hydrogens (tertiary/aromatic N) is 4. The molecule has 0 spiro atoms. The topological polar surface area (TPSA) is 95.1 Å². The number of aromatic nitrogens is 4. The molecule has 0 saturated heterocycles. The van der Waals surface area contributed by atoms with Crippen LogP contribution in [0.4, 0.5) is 0 Å². The van der Waals surface area contributed by atoms with Crippen LogP contribution in [0.5, 0.6) is 0 Å². The molecular weight excluding hydrogens is 372 g/mol. The molecule has 0 amide bonds. The molecular formula is C24H26N6. The van der Waals surface area contributed by atoms with Crippen LogP contribution in [0, 0.1) is 6.92 Å². The first-order valence-electron chi connectivity index (χ1n) is 10.4. The molecule has 1 aromatic carbocycles. The SMILES string of the molecule is Cc1cnc(C2(N)CCC(N)CC2)nc1-c1cnc2ccc(-c3ccccc3)cn12. The number of rotatable bonds is 3. The fourth-order valence-corrected chi connectivity index (χ4v) is 4.28. The summed E-state index contributed by atoms with van der Waals surface area (Å²) in [6, 6.07) is 14.7. The molecule has 0 aliphatic heterocycles. The zero-order valence-corrected chi connectivity index (χ0v) is 17.1. The molecule has 1 aliphatic carbocycles. The average Bonchev–Trinajstić information content (AvgIpc) is 3.20. The predicted molar refractivity (Wildman–Crippen MR) is 119 cm³/mol. The van der Waals surface area contributed by atoms with Crippen LogP contribution in [-0.2, 0) is 5.54 Å². The van der Waals surface area contributed by atoms with Gasteiger partial charge in [-0.3, -0.25) is 4.40 Å². The van der Waals surface area contributed by atoms with Crippen molar-refractivity contribution in [3.8, 4) is 22.5 Å². The van der Waals surface area contributed by atoms with Crippen molar-refractivity contribution in [1.82, 2.24) is 19.4 Å². The van der Waals surface area contributed by atoms with E-state index in [1.165, 1.54) is 5.56 Å². The molecule has 6 nitrogen and oxygen atoms in total. The number of imidazole rings is 1. The highest BCUT2D eigenvalue weighted by atomic mass is 15.0. The van der Waals surface area contributed by atoms with Gasteiger partial charge in [-0.1, -0.05) is 30.3 Å². The molecule has 4 aromatic rings. The minimum atomic E-state index is -0.520. The summed E-state index contributed by atoms with van der Waals surface area (Å²) in [5.41, 5.74) is 18.3. The first kappa shape index (κ1) is 18.9. The van der Waals surface area contributed by atoms with Crippen molar-refractivity contribution in [2.24, 2.45) is 11.5 Å². The van der Waals surface area contributed by atoms with E-state index < -0.39 is 5.54 Å². The summed E-state index contributed by atoms with van der Waals surface area (Å²) in [4.78, 5) is 14.2. The lowest BCUT2D eigenvalue weighted by atomic mass is 9.79. The van der Waals surface area contributed by atoms with E-state index in [1.54, 1.807) is 0 Å². The maximum absolute atomic E-state index is 6.72. The second kappa shape index (κ2) is 7.31. The van der Waals surface area contributed by atoms with E-state index in [-0.39, 0.29) is 6.04 Å². The fraction of sp³-hybridized carbons (Fsp3) is 0.292. The Bertz CT molecular complexity index is 1190. The van der Waals surface area contributed by atoms with E-state index in [2.05, 4.69) is 38.8 Å². The first-order valence-corrected chi connectivity index (χ1v) is 10.4. The number of benzene rings is 1. The van der Waals surface area contributed by atoms with E-state index in [4.69, 9.17) is 16.5 Å². The van der Waals surface area contributed by atoms with Gasteiger partial charge in [0, 0.05) is 18.4 Å². The zero-order chi connectivity index (χ0) is 20.7. The highest BCUT2D eigenvalue weighted by Gasteiger charge is 2.35. The number of hydrogen-bond acceptors (Lipinski definition) is 5. The molecule has 6 heteroatoms. The molecule has 152 valence electrons. The molecule has 0 bridgehead atoms. The summed E-state index contributed by atoms with van der Waals surface area (Å²) >= 11 is 0. The van der Waals surface area contributed by atoms with Crippen molar-refractivity contribution in [1.29, 1.82) is 0 Å². The molecule has 1 fully saturated rings. The van der Waals surface area contributed by atoms with Crippen molar-refractivity contribution in [2.45, 2.75) is 44.2 Å². The lowest BCUT2D eigenvalue weighted by Crippen LogP contribution is -2.45. The predicted octanol–water partition coefficient (Wildman–Crippen LogP) is 3.82. The molecule has 3 aromatic heterocycles. The molecule has 3 heterocycles. The Kier molecular flexibility index (Phi) is 4.60. The Hall–Kier alpha value is -3.09. The summed E-state index contributed by atoms with van der Waals surface area (Å²) in [6.45, 7) is 2.03. The van der Waals surface area contributed by atoms with Crippen molar-refractivity contribution in [2.75, 3.05) is 0 Å². The Balaban J connectivity index is 1.60. The van der Waals surface area contributed by atoms with Gasteiger partial charge in [0.25, 0.3) is 0 Å². The zero-order valence-electron chi connectivity index (χ0n) is 17.1. The van der Waals surface area contributed by atoms with Gasteiger partial charge in [0.15, 0.2) is 0 Å². The first-order chi connectivity index (χ1) is 14.5. The van der Waals surface area contributed by atoms with Gasteiger partial charge in [-0.25, -0.2) is 15.0 Å². The van der Waals surface area contributed by atoms with Crippen molar-refractivity contribution >= 4 is 5.65 Å². The van der Waals surface area contributed by atoms with Crippen LogP contribution in [0.2, 0.25) is 0 Å². The lowest BCUT2D eigenvalue weighted by Gasteiger charge is -2.34. The number of aryl methyl sites for hydroxylation is 1. The van der Waals surface area contributed by atoms with Gasteiger partial charge in [-0.05, 0) is 61.4 Å². The second-order valence-corrected chi connectivity index (χ2v) is 8.37. The monoisotopic (exact) mass is 398 g/mol. The quantitative estimate of drug-likeness (QED) is 0.547. The number of hydrogen-bond donors (Lipinski definition) is 2. The van der Waals surface area contributed by atoms with E-state index in [0.717, 1.165) is 53.8 Å². The van der Waals surface area contributed by atoms with Gasteiger partial charge in [-0.15, -0.1) is 0 Å². The third-order valence-electron chi connectivity index (χ3n) is 6.19. The van der Waals surface area contributed by atoms with Crippen LogP contribution in [-0.4, -0.2) is 25.4 Å². The van der Waals surface area contributed by atoms with Gasteiger partial charge in [0.1, 0.15) is 11.5 Å². The maximum atomic E-state index is 6.72. The van der Waals surface area contributed by atoms with Gasteiger partial charge >= 0.3 is 0 Å². The van der Waals surface area contributed by atoms with Crippen LogP contribution >= 0.6 is 0 Å². The molecule has 0 radical (unpaired) electrons. The highest BCUT2D eigenvalue weighted by molar-refractivity contribution is 5.68. The van der Waals surface area contributed by atoms with Crippen LogP contribution in [0.15, 0.2) is 61.1 Å². The molecule has 30 heavy (non-hydrogen) atoms. The van der Waals surface area contributed by atoms with Crippen molar-refractivity contribution in [3.63, 3.8) is 0 Å². The van der Waals surface area contributed by atoms with Crippen LogP contribution in [0.3, 0.4) is 0 Å². The standard InChI is InChI=1S/C24H26N6/c1-16-13-28-23(24(26)11-9-19(25)10-12-24)29-22(16)20-14-27-21-8-7-18(15-30(20)21)17-5-3-2-4-6-17/h2-8,13-15,19H,9-12,25-26H2,1H3. The number of fused-ring (bicyclic) bond motifs is 1. The normalized spacial score (nSPS) is 21.8. The smallest absolute Gasteiger partial charge is 0.148 e. The van der Waals surface area contributed by atoms with E-state index in [1.807, 2.05) is 43.6 Å². The van der Waals surface area contributed by atoms with Crippen molar-refractivity contribution < 1.29 is 0 Å². The van der Waals surface area contributed by atoms with Crippen LogP contribution in [0.1, 0.15) is 37.1 Å². The second-order valence-electron chi connectivity index (χ2n) is 8.37. The van der Waals surface area contributed by atoms with E-state index in [9.17, 15) is 0 Å². The Morgan fingerprint density at radius 3 is 2.50 bits per heavy atom. The van der Waals surface area contributed by atoms with E-state index in [0.29, 0.717) is 5.82 Å². The van der Waals surface area contributed by atoms with Crippen molar-refractivity contribution in [3.05, 3.63) is 72.4 Å². The minimum Gasteiger partial charge on any atom is -0.328 e. The Labute approximate surface area is 176 Å². The maximum Gasteiger partial charge on any atom is 0.148 e. The largest absolute Gasteiger partial charge is 0.328 e. The minimum absolute atomic E-state index is 0.224. The van der Waals surface area contributed by atoms with Gasteiger partial charge in [0.2, 0.25) is 0 Å². The Morgan fingerprint density at radius 2 is 1.73 bits per heavy atom. The van der Waals surface area contributed by atoms with Gasteiger partial charge in [-0.2, -0.15) is 0 Å². The third kappa shape index (κ3) is 3.28. The van der Waals surface area contributed by atoms with Crippen LogP contribution in [0.25, 0.3) is 28.2 Å². The number of pyridine rings is 1.